The molecule has 1 aromatic heterocycles. The Morgan fingerprint density at radius 3 is 2.58 bits per heavy atom. The lowest BCUT2D eigenvalue weighted by Crippen LogP contribution is -2.16. The second-order valence-corrected chi connectivity index (χ2v) is 7.81. The molecule has 1 aromatic carbocycles. The molecular formula is C17H20N2O4S. The maximum absolute atomic E-state index is 11.6. The fourth-order valence-corrected chi connectivity index (χ4v) is 3.43. The summed E-state index contributed by atoms with van der Waals surface area (Å²) in [6.07, 6.45) is 1.18. The number of rotatable bonds is 5. The summed E-state index contributed by atoms with van der Waals surface area (Å²) in [5, 5.41) is 0.130. The summed E-state index contributed by atoms with van der Waals surface area (Å²) in [7, 11) is -0.0252. The van der Waals surface area contributed by atoms with Crippen LogP contribution in [0.25, 0.3) is 0 Å². The lowest BCUT2D eigenvalue weighted by molar-refractivity contribution is 0.268. The molecule has 0 fully saturated rings. The Kier molecular flexibility index (Phi) is 4.47. The number of ether oxygens (including phenoxy) is 2. The van der Waals surface area contributed by atoms with Crippen molar-refractivity contribution in [1.82, 2.24) is 9.88 Å². The van der Waals surface area contributed by atoms with Gasteiger partial charge < -0.3 is 9.47 Å². The van der Waals surface area contributed by atoms with Crippen LogP contribution in [-0.2, 0) is 29.5 Å². The Labute approximate surface area is 142 Å². The maximum atomic E-state index is 11.6. The molecule has 1 aliphatic rings. The van der Waals surface area contributed by atoms with Crippen LogP contribution in [0.2, 0.25) is 0 Å². The number of nitrogens with zero attached hydrogens (tertiary/aromatic N) is 2. The minimum Gasteiger partial charge on any atom is -0.497 e. The zero-order valence-corrected chi connectivity index (χ0v) is 14.8. The lowest BCUT2D eigenvalue weighted by Gasteiger charge is -2.17. The number of aromatic nitrogens is 1. The average Bonchev–Trinajstić information content (AvgIpc) is 2.95. The molecule has 24 heavy (non-hydrogen) atoms. The second-order valence-electron chi connectivity index (χ2n) is 5.85. The zero-order chi connectivity index (χ0) is 17.3. The number of hydrogen-bond acceptors (Lipinski definition) is 6. The Morgan fingerprint density at radius 1 is 1.12 bits per heavy atom. The Morgan fingerprint density at radius 2 is 1.92 bits per heavy atom. The fraction of sp³-hybridized carbons (Fsp3) is 0.353. The van der Waals surface area contributed by atoms with Crippen LogP contribution in [0.4, 0.5) is 0 Å². The van der Waals surface area contributed by atoms with Gasteiger partial charge in [-0.2, -0.15) is 0 Å². The first-order chi connectivity index (χ1) is 11.4. The fourth-order valence-electron chi connectivity index (χ4n) is 2.84. The molecule has 7 heteroatoms. The molecule has 0 unspecified atom stereocenters. The van der Waals surface area contributed by atoms with Gasteiger partial charge in [0.05, 0.1) is 19.9 Å². The summed E-state index contributed by atoms with van der Waals surface area (Å²) < 4.78 is 33.9. The van der Waals surface area contributed by atoms with Gasteiger partial charge in [-0.3, -0.25) is 4.90 Å². The molecule has 0 aliphatic carbocycles. The molecule has 3 rings (SSSR count). The van der Waals surface area contributed by atoms with E-state index in [9.17, 15) is 8.42 Å². The zero-order valence-electron chi connectivity index (χ0n) is 13.9. The van der Waals surface area contributed by atoms with Gasteiger partial charge in [0.25, 0.3) is 0 Å². The number of sulfone groups is 1. The van der Waals surface area contributed by atoms with Gasteiger partial charge in [-0.25, -0.2) is 13.4 Å². The third kappa shape index (κ3) is 3.37. The van der Waals surface area contributed by atoms with Crippen LogP contribution < -0.4 is 9.47 Å². The number of benzene rings is 1. The third-order valence-corrected chi connectivity index (χ3v) is 5.07. The van der Waals surface area contributed by atoms with Crippen LogP contribution in [0.1, 0.15) is 16.8 Å². The molecule has 0 amide bonds. The van der Waals surface area contributed by atoms with E-state index in [-0.39, 0.29) is 5.03 Å². The van der Waals surface area contributed by atoms with Crippen LogP contribution in [0, 0.1) is 0 Å². The molecule has 0 bridgehead atoms. The normalized spacial score (nSPS) is 14.5. The van der Waals surface area contributed by atoms with Crippen molar-refractivity contribution in [2.75, 3.05) is 20.5 Å². The molecule has 0 spiro atoms. The lowest BCUT2D eigenvalue weighted by atomic mass is 10.2. The molecule has 2 aromatic rings. The molecule has 0 saturated carbocycles. The van der Waals surface area contributed by atoms with E-state index in [1.807, 2.05) is 24.3 Å². The SMILES string of the molecule is COc1ccc(CN2Cc3ccc(S(C)(=O)=O)nc3C2)c(OC)c1. The predicted molar refractivity (Wildman–Crippen MR) is 89.8 cm³/mol. The van der Waals surface area contributed by atoms with Crippen LogP contribution in [0.15, 0.2) is 35.4 Å². The van der Waals surface area contributed by atoms with Crippen molar-refractivity contribution in [1.29, 1.82) is 0 Å². The van der Waals surface area contributed by atoms with E-state index in [0.717, 1.165) is 34.9 Å². The van der Waals surface area contributed by atoms with E-state index in [0.29, 0.717) is 13.1 Å². The van der Waals surface area contributed by atoms with Crippen molar-refractivity contribution >= 4 is 9.84 Å². The monoisotopic (exact) mass is 348 g/mol. The van der Waals surface area contributed by atoms with Gasteiger partial charge in [-0.1, -0.05) is 12.1 Å². The van der Waals surface area contributed by atoms with Gasteiger partial charge in [0, 0.05) is 37.5 Å². The van der Waals surface area contributed by atoms with Crippen molar-refractivity contribution in [2.24, 2.45) is 0 Å². The van der Waals surface area contributed by atoms with Gasteiger partial charge >= 0.3 is 0 Å². The Bertz CT molecular complexity index is 865. The molecule has 0 saturated heterocycles. The summed E-state index contributed by atoms with van der Waals surface area (Å²) in [5.74, 6) is 1.52. The molecule has 1 aliphatic heterocycles. The topological polar surface area (TPSA) is 68.7 Å². The highest BCUT2D eigenvalue weighted by Gasteiger charge is 2.23. The highest BCUT2D eigenvalue weighted by molar-refractivity contribution is 7.90. The summed E-state index contributed by atoms with van der Waals surface area (Å²) in [4.78, 5) is 6.51. The van der Waals surface area contributed by atoms with Crippen molar-refractivity contribution in [3.8, 4) is 11.5 Å². The van der Waals surface area contributed by atoms with Crippen LogP contribution in [0.3, 0.4) is 0 Å². The number of methoxy groups -OCH3 is 2. The summed E-state index contributed by atoms with van der Waals surface area (Å²) in [5.41, 5.74) is 2.94. The number of fused-ring (bicyclic) bond motifs is 1. The first-order valence-corrected chi connectivity index (χ1v) is 9.42. The minimum atomic E-state index is -3.28. The molecule has 0 radical (unpaired) electrons. The van der Waals surface area contributed by atoms with Gasteiger partial charge in [0.2, 0.25) is 0 Å². The summed E-state index contributed by atoms with van der Waals surface area (Å²) in [6, 6.07) is 9.17. The minimum absolute atomic E-state index is 0.130. The maximum Gasteiger partial charge on any atom is 0.192 e. The molecule has 0 N–H and O–H groups in total. The standard InChI is InChI=1S/C17H20N2O4S/c1-22-14-6-4-13(16(8-14)23-2)10-19-9-12-5-7-17(24(3,20)21)18-15(12)11-19/h4-8H,9-11H2,1-3H3. The molecule has 2 heterocycles. The first kappa shape index (κ1) is 16.7. The van der Waals surface area contributed by atoms with Crippen LogP contribution in [0.5, 0.6) is 11.5 Å². The van der Waals surface area contributed by atoms with Crippen LogP contribution in [-0.4, -0.2) is 38.8 Å². The highest BCUT2D eigenvalue weighted by atomic mass is 32.2. The van der Waals surface area contributed by atoms with E-state index in [1.165, 1.54) is 6.26 Å². The molecule has 128 valence electrons. The summed E-state index contributed by atoms with van der Waals surface area (Å²) >= 11 is 0. The Balaban J connectivity index is 1.79. The van der Waals surface area contributed by atoms with Crippen molar-refractivity contribution < 1.29 is 17.9 Å². The average molecular weight is 348 g/mol. The quantitative estimate of drug-likeness (QED) is 0.823. The van der Waals surface area contributed by atoms with Gasteiger partial charge in [-0.15, -0.1) is 0 Å². The largest absolute Gasteiger partial charge is 0.497 e. The van der Waals surface area contributed by atoms with E-state index < -0.39 is 9.84 Å². The van der Waals surface area contributed by atoms with Crippen LogP contribution >= 0.6 is 0 Å². The van der Waals surface area contributed by atoms with E-state index in [1.54, 1.807) is 20.3 Å². The van der Waals surface area contributed by atoms with Crippen molar-refractivity contribution in [3.63, 3.8) is 0 Å². The first-order valence-electron chi connectivity index (χ1n) is 7.53. The van der Waals surface area contributed by atoms with E-state index in [4.69, 9.17) is 9.47 Å². The third-order valence-electron chi connectivity index (χ3n) is 4.08. The predicted octanol–water partition coefficient (Wildman–Crippen LogP) is 2.02. The van der Waals surface area contributed by atoms with Crippen molar-refractivity contribution in [2.45, 2.75) is 24.7 Å². The van der Waals surface area contributed by atoms with Gasteiger partial charge in [0.1, 0.15) is 11.5 Å². The summed E-state index contributed by atoms with van der Waals surface area (Å²) in [6.45, 7) is 2.05. The highest BCUT2D eigenvalue weighted by Crippen LogP contribution is 2.29. The number of hydrogen-bond donors (Lipinski definition) is 0. The molecular weight excluding hydrogens is 328 g/mol. The molecule has 6 nitrogen and oxygen atoms in total. The molecule has 0 atom stereocenters. The van der Waals surface area contributed by atoms with Gasteiger partial charge in [0.15, 0.2) is 14.9 Å². The second kappa shape index (κ2) is 6.41. The van der Waals surface area contributed by atoms with E-state index >= 15 is 0 Å². The van der Waals surface area contributed by atoms with Crippen molar-refractivity contribution in [3.05, 3.63) is 47.2 Å². The Hall–Kier alpha value is -2.12. The smallest absolute Gasteiger partial charge is 0.192 e. The number of pyridine rings is 1. The van der Waals surface area contributed by atoms with E-state index in [2.05, 4.69) is 9.88 Å². The van der Waals surface area contributed by atoms with Gasteiger partial charge in [-0.05, 0) is 17.7 Å².